The molecule has 0 aromatic heterocycles. The lowest BCUT2D eigenvalue weighted by Gasteiger charge is -2.41. The monoisotopic (exact) mass is 390 g/mol. The number of benzene rings is 1. The number of hydrogen-bond donors (Lipinski definition) is 1. The molecule has 25 heavy (non-hydrogen) atoms. The molecule has 1 aromatic carbocycles. The molecule has 5 nitrogen and oxygen atoms in total. The second-order valence-corrected chi connectivity index (χ2v) is 6.58. The zero-order valence-corrected chi connectivity index (χ0v) is 16.1. The van der Waals surface area contributed by atoms with E-state index >= 15 is 0 Å². The van der Waals surface area contributed by atoms with Gasteiger partial charge in [0, 0.05) is 45.4 Å². The minimum atomic E-state index is 0. The van der Waals surface area contributed by atoms with Gasteiger partial charge in [0.15, 0.2) is 11.5 Å². The van der Waals surface area contributed by atoms with Gasteiger partial charge in [0.25, 0.3) is 0 Å². The fourth-order valence-corrected chi connectivity index (χ4v) is 4.02. The number of ether oxygens (including phenoxy) is 3. The minimum Gasteiger partial charge on any atom is -0.486 e. The Balaban J connectivity index is 0.00000113. The van der Waals surface area contributed by atoms with Gasteiger partial charge in [-0.25, -0.2) is 0 Å². The molecule has 0 spiro atoms. The van der Waals surface area contributed by atoms with Gasteiger partial charge in [0.2, 0.25) is 0 Å². The summed E-state index contributed by atoms with van der Waals surface area (Å²) in [6.07, 6.45) is 2.28. The van der Waals surface area contributed by atoms with Crippen molar-refractivity contribution in [1.82, 2.24) is 10.2 Å². The third-order valence-electron chi connectivity index (χ3n) is 5.17. The molecule has 3 heterocycles. The molecule has 1 N–H and O–H groups in total. The van der Waals surface area contributed by atoms with Crippen molar-refractivity contribution in [1.29, 1.82) is 0 Å². The maximum absolute atomic E-state index is 5.81. The van der Waals surface area contributed by atoms with E-state index in [1.807, 2.05) is 0 Å². The lowest BCUT2D eigenvalue weighted by atomic mass is 9.85. The molecule has 4 rings (SSSR count). The SMILES string of the molecule is Cl.Cl.c1cc2c(cc1[C@@H](C1CCOCC1)N1CCNCC1)OCCO2. The maximum atomic E-state index is 5.81. The lowest BCUT2D eigenvalue weighted by Crippen LogP contribution is -2.47. The molecule has 3 aliphatic heterocycles. The molecule has 0 bridgehead atoms. The molecule has 1 atom stereocenters. The van der Waals surface area contributed by atoms with Crippen LogP contribution in [-0.4, -0.2) is 57.5 Å². The topological polar surface area (TPSA) is 43.0 Å². The summed E-state index contributed by atoms with van der Waals surface area (Å²) in [5.41, 5.74) is 1.36. The molecule has 1 aromatic rings. The Hall–Kier alpha value is -0.720. The van der Waals surface area contributed by atoms with Gasteiger partial charge in [-0.15, -0.1) is 24.8 Å². The normalized spacial score (nSPS) is 22.4. The van der Waals surface area contributed by atoms with E-state index in [0.29, 0.717) is 25.2 Å². The van der Waals surface area contributed by atoms with Crippen molar-refractivity contribution < 1.29 is 14.2 Å². The van der Waals surface area contributed by atoms with Crippen LogP contribution in [0.25, 0.3) is 0 Å². The first-order valence-electron chi connectivity index (χ1n) is 8.84. The van der Waals surface area contributed by atoms with Gasteiger partial charge in [-0.3, -0.25) is 4.90 Å². The minimum absolute atomic E-state index is 0. The standard InChI is InChI=1S/C18H26N2O3.2ClH/c1-2-16-17(23-12-11-22-16)13-15(1)18(14-3-9-21-10-4-14)20-7-5-19-6-8-20;;/h1-2,13-14,18-19H,3-12H2;2*1H/t18-;;/m1../s1. The fraction of sp³-hybridized carbons (Fsp3) is 0.667. The highest BCUT2D eigenvalue weighted by molar-refractivity contribution is 5.85. The highest BCUT2D eigenvalue weighted by atomic mass is 35.5. The lowest BCUT2D eigenvalue weighted by molar-refractivity contribution is 0.0211. The predicted octanol–water partition coefficient (Wildman–Crippen LogP) is 2.67. The molecular weight excluding hydrogens is 363 g/mol. The van der Waals surface area contributed by atoms with E-state index in [1.54, 1.807) is 0 Å². The summed E-state index contributed by atoms with van der Waals surface area (Å²) in [7, 11) is 0. The van der Waals surface area contributed by atoms with E-state index in [-0.39, 0.29) is 24.8 Å². The number of fused-ring (bicyclic) bond motifs is 1. The van der Waals surface area contributed by atoms with Crippen LogP contribution < -0.4 is 14.8 Å². The van der Waals surface area contributed by atoms with Crippen LogP contribution in [0.1, 0.15) is 24.4 Å². The Bertz CT molecular complexity index is 517. The van der Waals surface area contributed by atoms with Crippen LogP contribution >= 0.6 is 24.8 Å². The van der Waals surface area contributed by atoms with Crippen molar-refractivity contribution in [2.24, 2.45) is 5.92 Å². The van der Waals surface area contributed by atoms with Crippen molar-refractivity contribution in [2.45, 2.75) is 18.9 Å². The average Bonchev–Trinajstić information content (AvgIpc) is 2.64. The Kier molecular flexibility index (Phi) is 8.10. The molecule has 3 aliphatic rings. The van der Waals surface area contributed by atoms with Crippen LogP contribution in [0.15, 0.2) is 18.2 Å². The quantitative estimate of drug-likeness (QED) is 0.858. The maximum Gasteiger partial charge on any atom is 0.161 e. The Labute approximate surface area is 162 Å². The van der Waals surface area contributed by atoms with Crippen LogP contribution in [0.5, 0.6) is 11.5 Å². The molecule has 2 saturated heterocycles. The van der Waals surface area contributed by atoms with E-state index in [0.717, 1.165) is 63.7 Å². The smallest absolute Gasteiger partial charge is 0.161 e. The Morgan fingerprint density at radius 2 is 1.60 bits per heavy atom. The van der Waals surface area contributed by atoms with Crippen molar-refractivity contribution in [3.63, 3.8) is 0 Å². The summed E-state index contributed by atoms with van der Waals surface area (Å²) < 4.78 is 17.1. The molecular formula is C18H28Cl2N2O3. The van der Waals surface area contributed by atoms with Crippen molar-refractivity contribution in [2.75, 3.05) is 52.6 Å². The first-order chi connectivity index (χ1) is 11.4. The molecule has 2 fully saturated rings. The van der Waals surface area contributed by atoms with Crippen molar-refractivity contribution >= 4 is 24.8 Å². The average molecular weight is 391 g/mol. The number of hydrogen-bond acceptors (Lipinski definition) is 5. The molecule has 0 aliphatic carbocycles. The summed E-state index contributed by atoms with van der Waals surface area (Å²) in [5, 5.41) is 3.46. The zero-order valence-electron chi connectivity index (χ0n) is 14.4. The molecule has 0 unspecified atom stereocenters. The van der Waals surface area contributed by atoms with Gasteiger partial charge in [-0.1, -0.05) is 6.07 Å². The molecule has 0 amide bonds. The summed E-state index contributed by atoms with van der Waals surface area (Å²) in [6.45, 7) is 7.43. The summed E-state index contributed by atoms with van der Waals surface area (Å²) in [4.78, 5) is 2.64. The third-order valence-corrected chi connectivity index (χ3v) is 5.17. The van der Waals surface area contributed by atoms with Crippen LogP contribution in [0.2, 0.25) is 0 Å². The first-order valence-corrected chi connectivity index (χ1v) is 8.84. The number of piperazine rings is 1. The summed E-state index contributed by atoms with van der Waals surface area (Å²) in [5.74, 6) is 2.44. The van der Waals surface area contributed by atoms with Gasteiger partial charge in [0.1, 0.15) is 13.2 Å². The first kappa shape index (κ1) is 20.6. The van der Waals surface area contributed by atoms with E-state index in [9.17, 15) is 0 Å². The Morgan fingerprint density at radius 3 is 2.32 bits per heavy atom. The summed E-state index contributed by atoms with van der Waals surface area (Å²) >= 11 is 0. The number of nitrogens with one attached hydrogen (secondary N) is 1. The van der Waals surface area contributed by atoms with Crippen LogP contribution in [-0.2, 0) is 4.74 Å². The number of rotatable bonds is 3. The highest BCUT2D eigenvalue weighted by Crippen LogP contribution is 2.39. The summed E-state index contributed by atoms with van der Waals surface area (Å²) in [6, 6.07) is 6.97. The molecule has 142 valence electrons. The molecule has 0 saturated carbocycles. The predicted molar refractivity (Wildman–Crippen MR) is 103 cm³/mol. The van der Waals surface area contributed by atoms with Gasteiger partial charge >= 0.3 is 0 Å². The third kappa shape index (κ3) is 4.72. The van der Waals surface area contributed by atoms with E-state index in [4.69, 9.17) is 14.2 Å². The van der Waals surface area contributed by atoms with Gasteiger partial charge in [0.05, 0.1) is 0 Å². The number of nitrogens with zero attached hydrogens (tertiary/aromatic N) is 1. The van der Waals surface area contributed by atoms with Crippen LogP contribution in [0.4, 0.5) is 0 Å². The number of halogens is 2. The van der Waals surface area contributed by atoms with Crippen molar-refractivity contribution in [3.8, 4) is 11.5 Å². The molecule has 7 heteroatoms. The largest absolute Gasteiger partial charge is 0.486 e. The van der Waals surface area contributed by atoms with Gasteiger partial charge < -0.3 is 19.5 Å². The Morgan fingerprint density at radius 1 is 0.920 bits per heavy atom. The van der Waals surface area contributed by atoms with Gasteiger partial charge in [-0.2, -0.15) is 0 Å². The fourth-order valence-electron chi connectivity index (χ4n) is 4.02. The van der Waals surface area contributed by atoms with Crippen LogP contribution in [0.3, 0.4) is 0 Å². The van der Waals surface area contributed by atoms with E-state index in [1.165, 1.54) is 5.56 Å². The van der Waals surface area contributed by atoms with Gasteiger partial charge in [-0.05, 0) is 36.5 Å². The highest BCUT2D eigenvalue weighted by Gasteiger charge is 2.32. The second-order valence-electron chi connectivity index (χ2n) is 6.58. The van der Waals surface area contributed by atoms with E-state index < -0.39 is 0 Å². The van der Waals surface area contributed by atoms with Crippen molar-refractivity contribution in [3.05, 3.63) is 23.8 Å². The second kappa shape index (κ2) is 9.83. The molecule has 0 radical (unpaired) electrons. The zero-order chi connectivity index (χ0) is 15.5. The van der Waals surface area contributed by atoms with E-state index in [2.05, 4.69) is 28.4 Å². The van der Waals surface area contributed by atoms with Crippen LogP contribution in [0, 0.1) is 5.92 Å².